The number of primary amides is 1. The van der Waals surface area contributed by atoms with E-state index in [1.807, 2.05) is 18.2 Å². The zero-order valence-electron chi connectivity index (χ0n) is 12.7. The van der Waals surface area contributed by atoms with Gasteiger partial charge in [0.15, 0.2) is 0 Å². The molecule has 0 aromatic heterocycles. The SMILES string of the molecule is CC(C)N(CC1CCCNC1)c1ccc(Br)cc1C(N)=O. The number of piperidine rings is 1. The van der Waals surface area contributed by atoms with Gasteiger partial charge in [-0.15, -0.1) is 0 Å². The molecule has 21 heavy (non-hydrogen) atoms. The molecule has 1 unspecified atom stereocenters. The monoisotopic (exact) mass is 353 g/mol. The van der Waals surface area contributed by atoms with Crippen LogP contribution in [0.25, 0.3) is 0 Å². The third kappa shape index (κ3) is 4.20. The highest BCUT2D eigenvalue weighted by Crippen LogP contribution is 2.27. The van der Waals surface area contributed by atoms with Gasteiger partial charge in [0.2, 0.25) is 0 Å². The molecule has 1 saturated heterocycles. The van der Waals surface area contributed by atoms with E-state index >= 15 is 0 Å². The molecule has 4 nitrogen and oxygen atoms in total. The Morgan fingerprint density at radius 2 is 2.29 bits per heavy atom. The van der Waals surface area contributed by atoms with E-state index in [9.17, 15) is 4.79 Å². The zero-order valence-corrected chi connectivity index (χ0v) is 14.3. The summed E-state index contributed by atoms with van der Waals surface area (Å²) in [6.45, 7) is 7.42. The van der Waals surface area contributed by atoms with Crippen LogP contribution < -0.4 is 16.0 Å². The second-order valence-electron chi connectivity index (χ2n) is 5.98. The summed E-state index contributed by atoms with van der Waals surface area (Å²) in [6, 6.07) is 6.09. The maximum absolute atomic E-state index is 11.8. The topological polar surface area (TPSA) is 58.4 Å². The fourth-order valence-corrected chi connectivity index (χ4v) is 3.26. The maximum atomic E-state index is 11.8. The molecular formula is C16H24BrN3O. The third-order valence-corrected chi connectivity index (χ3v) is 4.50. The van der Waals surface area contributed by atoms with Gasteiger partial charge in [0.05, 0.1) is 5.56 Å². The number of hydrogen-bond donors (Lipinski definition) is 2. The van der Waals surface area contributed by atoms with E-state index < -0.39 is 0 Å². The van der Waals surface area contributed by atoms with E-state index in [0.717, 1.165) is 29.8 Å². The molecular weight excluding hydrogens is 330 g/mol. The standard InChI is InChI=1S/C16H24BrN3O/c1-11(2)20(10-12-4-3-7-19-9-12)15-6-5-13(17)8-14(15)16(18)21/h5-6,8,11-12,19H,3-4,7,9-10H2,1-2H3,(H2,18,21). The normalized spacial score (nSPS) is 18.8. The molecule has 116 valence electrons. The van der Waals surface area contributed by atoms with Crippen LogP contribution in [0.1, 0.15) is 37.0 Å². The lowest BCUT2D eigenvalue weighted by Crippen LogP contribution is -2.42. The average Bonchev–Trinajstić information content (AvgIpc) is 2.46. The predicted octanol–water partition coefficient (Wildman–Crippen LogP) is 2.76. The number of hydrogen-bond acceptors (Lipinski definition) is 3. The van der Waals surface area contributed by atoms with Crippen LogP contribution in [0, 0.1) is 5.92 Å². The summed E-state index contributed by atoms with van der Waals surface area (Å²) in [5, 5.41) is 3.45. The molecule has 1 aromatic carbocycles. The quantitative estimate of drug-likeness (QED) is 0.855. The van der Waals surface area contributed by atoms with Gasteiger partial charge in [-0.1, -0.05) is 15.9 Å². The van der Waals surface area contributed by atoms with Crippen LogP contribution in [0.3, 0.4) is 0 Å². The van der Waals surface area contributed by atoms with Crippen LogP contribution in [0.4, 0.5) is 5.69 Å². The van der Waals surface area contributed by atoms with Crippen molar-refractivity contribution >= 4 is 27.5 Å². The van der Waals surface area contributed by atoms with Crippen molar-refractivity contribution in [1.82, 2.24) is 5.32 Å². The number of carbonyl (C=O) groups excluding carboxylic acids is 1. The Bertz CT molecular complexity index is 498. The summed E-state index contributed by atoms with van der Waals surface area (Å²) in [4.78, 5) is 14.1. The molecule has 0 radical (unpaired) electrons. The van der Waals surface area contributed by atoms with Crippen molar-refractivity contribution in [3.63, 3.8) is 0 Å². The summed E-state index contributed by atoms with van der Waals surface area (Å²) < 4.78 is 0.878. The molecule has 0 saturated carbocycles. The van der Waals surface area contributed by atoms with Gasteiger partial charge < -0.3 is 16.0 Å². The van der Waals surface area contributed by atoms with Gasteiger partial charge in [-0.25, -0.2) is 0 Å². The van der Waals surface area contributed by atoms with Crippen molar-refractivity contribution in [2.24, 2.45) is 11.7 Å². The van der Waals surface area contributed by atoms with Crippen LogP contribution >= 0.6 is 15.9 Å². The Hall–Kier alpha value is -1.07. The second-order valence-corrected chi connectivity index (χ2v) is 6.90. The Kier molecular flexibility index (Phi) is 5.65. The number of nitrogens with zero attached hydrogens (tertiary/aromatic N) is 1. The highest BCUT2D eigenvalue weighted by atomic mass is 79.9. The largest absolute Gasteiger partial charge is 0.368 e. The van der Waals surface area contributed by atoms with Gasteiger partial charge in [0, 0.05) is 22.7 Å². The van der Waals surface area contributed by atoms with Gasteiger partial charge in [-0.3, -0.25) is 4.79 Å². The lowest BCUT2D eigenvalue weighted by atomic mass is 9.97. The van der Waals surface area contributed by atoms with Crippen molar-refractivity contribution in [2.75, 3.05) is 24.5 Å². The number of anilines is 1. The van der Waals surface area contributed by atoms with Crippen molar-refractivity contribution < 1.29 is 4.79 Å². The zero-order chi connectivity index (χ0) is 15.4. The van der Waals surface area contributed by atoms with E-state index in [0.29, 0.717) is 17.5 Å². The summed E-state index contributed by atoms with van der Waals surface area (Å²) in [6.07, 6.45) is 2.46. The predicted molar refractivity (Wildman–Crippen MR) is 90.7 cm³/mol. The Balaban J connectivity index is 2.27. The smallest absolute Gasteiger partial charge is 0.250 e. The molecule has 1 amide bonds. The van der Waals surface area contributed by atoms with Gasteiger partial charge in [-0.05, 0) is 63.9 Å². The molecule has 1 atom stereocenters. The minimum atomic E-state index is -0.376. The van der Waals surface area contributed by atoms with Crippen LogP contribution in [-0.4, -0.2) is 31.6 Å². The Labute approximate surface area is 135 Å². The first kappa shape index (κ1) is 16.3. The van der Waals surface area contributed by atoms with E-state index in [4.69, 9.17) is 5.73 Å². The Morgan fingerprint density at radius 1 is 1.52 bits per heavy atom. The lowest BCUT2D eigenvalue weighted by Gasteiger charge is -2.35. The summed E-state index contributed by atoms with van der Waals surface area (Å²) >= 11 is 3.41. The molecule has 3 N–H and O–H groups in total. The molecule has 1 aliphatic heterocycles. The molecule has 1 aromatic rings. The van der Waals surface area contributed by atoms with Gasteiger partial charge >= 0.3 is 0 Å². The summed E-state index contributed by atoms with van der Waals surface area (Å²) in [5.74, 6) is 0.240. The van der Waals surface area contributed by atoms with Crippen molar-refractivity contribution in [2.45, 2.75) is 32.7 Å². The number of rotatable bonds is 5. The second kappa shape index (κ2) is 7.27. The van der Waals surface area contributed by atoms with E-state index in [2.05, 4.69) is 40.0 Å². The van der Waals surface area contributed by atoms with Crippen molar-refractivity contribution in [3.05, 3.63) is 28.2 Å². The van der Waals surface area contributed by atoms with Crippen LogP contribution in [0.15, 0.2) is 22.7 Å². The molecule has 1 heterocycles. The number of benzene rings is 1. The fourth-order valence-electron chi connectivity index (χ4n) is 2.90. The van der Waals surface area contributed by atoms with Crippen molar-refractivity contribution in [3.8, 4) is 0 Å². The maximum Gasteiger partial charge on any atom is 0.250 e. The minimum Gasteiger partial charge on any atom is -0.368 e. The molecule has 1 aliphatic rings. The van der Waals surface area contributed by atoms with Crippen LogP contribution in [-0.2, 0) is 0 Å². The molecule has 0 bridgehead atoms. The summed E-state index contributed by atoms with van der Waals surface area (Å²) in [7, 11) is 0. The number of amides is 1. The molecule has 0 spiro atoms. The average molecular weight is 354 g/mol. The first-order chi connectivity index (χ1) is 9.99. The Morgan fingerprint density at radius 3 is 2.86 bits per heavy atom. The van der Waals surface area contributed by atoms with E-state index in [1.54, 1.807) is 0 Å². The fraction of sp³-hybridized carbons (Fsp3) is 0.562. The van der Waals surface area contributed by atoms with E-state index in [-0.39, 0.29) is 5.91 Å². The number of nitrogens with one attached hydrogen (secondary N) is 1. The summed E-state index contributed by atoms with van der Waals surface area (Å²) in [5.41, 5.74) is 7.08. The highest BCUT2D eigenvalue weighted by Gasteiger charge is 2.22. The van der Waals surface area contributed by atoms with Crippen molar-refractivity contribution in [1.29, 1.82) is 0 Å². The third-order valence-electron chi connectivity index (χ3n) is 4.01. The molecule has 1 fully saturated rings. The van der Waals surface area contributed by atoms with Gasteiger partial charge in [0.25, 0.3) is 5.91 Å². The van der Waals surface area contributed by atoms with Gasteiger partial charge in [-0.2, -0.15) is 0 Å². The molecule has 0 aliphatic carbocycles. The van der Waals surface area contributed by atoms with Crippen LogP contribution in [0.5, 0.6) is 0 Å². The van der Waals surface area contributed by atoms with E-state index in [1.165, 1.54) is 12.8 Å². The molecule has 5 heteroatoms. The first-order valence-corrected chi connectivity index (χ1v) is 8.35. The number of nitrogens with two attached hydrogens (primary N) is 1. The minimum absolute atomic E-state index is 0.325. The first-order valence-electron chi connectivity index (χ1n) is 7.55. The molecule has 2 rings (SSSR count). The highest BCUT2D eigenvalue weighted by molar-refractivity contribution is 9.10. The van der Waals surface area contributed by atoms with Crippen LogP contribution in [0.2, 0.25) is 0 Å². The van der Waals surface area contributed by atoms with Gasteiger partial charge in [0.1, 0.15) is 0 Å². The number of carbonyl (C=O) groups is 1. The lowest BCUT2D eigenvalue weighted by molar-refractivity contribution is 0.100. The number of halogens is 1.